The van der Waals surface area contributed by atoms with E-state index in [4.69, 9.17) is 4.43 Å². The van der Waals surface area contributed by atoms with Crippen molar-refractivity contribution in [3.8, 4) is 5.75 Å². The van der Waals surface area contributed by atoms with Gasteiger partial charge in [0.1, 0.15) is 5.75 Å². The molecule has 0 unspecified atom stereocenters. The molecule has 0 radical (unpaired) electrons. The standard InChI is InChI=1S/C19H30OSi/c1-14(2)21(15(3)4,16(5)6)20-19-12-11-17-9-7-8-10-18(17)13-19/h7-8,11-16H,9-10H2,1-6H3. The summed E-state index contributed by atoms with van der Waals surface area (Å²) in [4.78, 5) is 0. The van der Waals surface area contributed by atoms with E-state index in [0.29, 0.717) is 16.6 Å². The number of rotatable bonds is 5. The molecule has 0 aliphatic heterocycles. The summed E-state index contributed by atoms with van der Waals surface area (Å²) in [5.74, 6) is 1.09. The zero-order chi connectivity index (χ0) is 15.6. The van der Waals surface area contributed by atoms with Gasteiger partial charge in [-0.3, -0.25) is 0 Å². The summed E-state index contributed by atoms with van der Waals surface area (Å²) < 4.78 is 6.77. The second kappa shape index (κ2) is 6.39. The minimum atomic E-state index is -1.83. The highest BCUT2D eigenvalue weighted by molar-refractivity contribution is 6.78. The van der Waals surface area contributed by atoms with Crippen LogP contribution in [0, 0.1) is 0 Å². The molecule has 0 spiro atoms. The number of benzene rings is 1. The van der Waals surface area contributed by atoms with Gasteiger partial charge >= 0.3 is 0 Å². The SMILES string of the molecule is CC(C)[Si](Oc1ccc2c(c1)CC=CC2)(C(C)C)C(C)C. The van der Waals surface area contributed by atoms with Crippen LogP contribution in [0.3, 0.4) is 0 Å². The Labute approximate surface area is 131 Å². The molecule has 0 fully saturated rings. The number of hydrogen-bond donors (Lipinski definition) is 0. The van der Waals surface area contributed by atoms with E-state index in [1.807, 2.05) is 0 Å². The Morgan fingerprint density at radius 2 is 1.33 bits per heavy atom. The summed E-state index contributed by atoms with van der Waals surface area (Å²) in [6.45, 7) is 14.0. The number of allylic oxidation sites excluding steroid dienone is 2. The number of fused-ring (bicyclic) bond motifs is 1. The van der Waals surface area contributed by atoms with Crippen LogP contribution in [0.25, 0.3) is 0 Å². The van der Waals surface area contributed by atoms with Gasteiger partial charge < -0.3 is 4.43 Å². The average Bonchev–Trinajstić information content (AvgIpc) is 2.43. The normalized spacial score (nSPS) is 14.9. The van der Waals surface area contributed by atoms with Gasteiger partial charge in [-0.15, -0.1) is 0 Å². The molecule has 0 bridgehead atoms. The van der Waals surface area contributed by atoms with Gasteiger partial charge in [-0.05, 0) is 52.7 Å². The molecule has 1 aliphatic carbocycles. The van der Waals surface area contributed by atoms with Crippen LogP contribution in [0.4, 0.5) is 0 Å². The molecule has 0 N–H and O–H groups in total. The van der Waals surface area contributed by atoms with E-state index in [-0.39, 0.29) is 0 Å². The Morgan fingerprint density at radius 1 is 0.810 bits per heavy atom. The highest BCUT2D eigenvalue weighted by atomic mass is 28.4. The quantitative estimate of drug-likeness (QED) is 0.486. The van der Waals surface area contributed by atoms with E-state index in [9.17, 15) is 0 Å². The predicted octanol–water partition coefficient (Wildman–Crippen LogP) is 5.90. The average molecular weight is 303 g/mol. The molecule has 0 amide bonds. The maximum atomic E-state index is 6.77. The van der Waals surface area contributed by atoms with E-state index in [0.717, 1.165) is 18.6 Å². The topological polar surface area (TPSA) is 9.23 Å². The van der Waals surface area contributed by atoms with Crippen molar-refractivity contribution in [3.05, 3.63) is 41.5 Å². The first-order chi connectivity index (χ1) is 9.87. The lowest BCUT2D eigenvalue weighted by molar-refractivity contribution is 0.479. The van der Waals surface area contributed by atoms with Gasteiger partial charge in [-0.25, -0.2) is 0 Å². The third-order valence-electron chi connectivity index (χ3n) is 5.02. The van der Waals surface area contributed by atoms with Crippen LogP contribution in [0.1, 0.15) is 52.7 Å². The summed E-state index contributed by atoms with van der Waals surface area (Å²) in [6, 6.07) is 6.73. The van der Waals surface area contributed by atoms with E-state index in [1.54, 1.807) is 0 Å². The Hall–Kier alpha value is -1.02. The Kier molecular flexibility index (Phi) is 4.98. The fourth-order valence-electron chi connectivity index (χ4n) is 4.03. The molecule has 0 saturated carbocycles. The molecule has 2 heteroatoms. The van der Waals surface area contributed by atoms with Crippen molar-refractivity contribution in [2.24, 2.45) is 0 Å². The van der Waals surface area contributed by atoms with Gasteiger partial charge in [-0.1, -0.05) is 59.8 Å². The van der Waals surface area contributed by atoms with Crippen molar-refractivity contribution in [2.75, 3.05) is 0 Å². The van der Waals surface area contributed by atoms with Crippen LogP contribution >= 0.6 is 0 Å². The van der Waals surface area contributed by atoms with Gasteiger partial charge in [0.05, 0.1) is 0 Å². The van der Waals surface area contributed by atoms with E-state index in [1.165, 1.54) is 11.1 Å². The Morgan fingerprint density at radius 3 is 1.86 bits per heavy atom. The molecule has 1 aliphatic rings. The fourth-order valence-corrected chi connectivity index (χ4v) is 9.28. The van der Waals surface area contributed by atoms with Crippen LogP contribution in [0.2, 0.25) is 16.6 Å². The first-order valence-electron chi connectivity index (χ1n) is 8.33. The third kappa shape index (κ3) is 3.10. The van der Waals surface area contributed by atoms with Gasteiger partial charge in [0.25, 0.3) is 8.32 Å². The highest BCUT2D eigenvalue weighted by Crippen LogP contribution is 2.43. The molecule has 1 aromatic carbocycles. The van der Waals surface area contributed by atoms with Gasteiger partial charge in [0.2, 0.25) is 0 Å². The van der Waals surface area contributed by atoms with Crippen LogP contribution in [-0.2, 0) is 12.8 Å². The first-order valence-corrected chi connectivity index (χ1v) is 10.5. The molecule has 0 aromatic heterocycles. The third-order valence-corrected chi connectivity index (χ3v) is 11.0. The second-order valence-electron chi connectivity index (χ2n) is 7.23. The minimum absolute atomic E-state index is 0.619. The van der Waals surface area contributed by atoms with E-state index >= 15 is 0 Å². The van der Waals surface area contributed by atoms with Crippen LogP contribution in [-0.4, -0.2) is 8.32 Å². The molecule has 0 atom stereocenters. The molecular weight excluding hydrogens is 272 g/mol. The monoisotopic (exact) mass is 302 g/mol. The van der Waals surface area contributed by atoms with Crippen molar-refractivity contribution in [2.45, 2.75) is 71.0 Å². The van der Waals surface area contributed by atoms with Gasteiger partial charge in [0, 0.05) is 0 Å². The highest BCUT2D eigenvalue weighted by Gasteiger charge is 2.47. The lowest BCUT2D eigenvalue weighted by atomic mass is 9.97. The fraction of sp³-hybridized carbons (Fsp3) is 0.579. The molecule has 116 valence electrons. The summed E-state index contributed by atoms with van der Waals surface area (Å²) in [5, 5.41) is 0. The van der Waals surface area contributed by atoms with Crippen molar-refractivity contribution >= 4 is 8.32 Å². The first kappa shape index (κ1) is 16.3. The Balaban J connectivity index is 2.33. The van der Waals surface area contributed by atoms with Crippen molar-refractivity contribution in [1.29, 1.82) is 0 Å². The molecule has 1 aromatic rings. The smallest absolute Gasteiger partial charge is 0.258 e. The maximum absolute atomic E-state index is 6.77. The molecular formula is C19H30OSi. The molecule has 0 heterocycles. The summed E-state index contributed by atoms with van der Waals surface area (Å²) in [6.07, 6.45) is 6.64. The molecule has 1 nitrogen and oxygen atoms in total. The largest absolute Gasteiger partial charge is 0.543 e. The zero-order valence-corrected chi connectivity index (χ0v) is 15.4. The lowest BCUT2D eigenvalue weighted by Crippen LogP contribution is -2.50. The van der Waals surface area contributed by atoms with Crippen molar-refractivity contribution < 1.29 is 4.43 Å². The maximum Gasteiger partial charge on any atom is 0.258 e. The van der Waals surface area contributed by atoms with Crippen molar-refractivity contribution in [1.82, 2.24) is 0 Å². The van der Waals surface area contributed by atoms with E-state index < -0.39 is 8.32 Å². The minimum Gasteiger partial charge on any atom is -0.543 e. The molecule has 2 rings (SSSR count). The van der Waals surface area contributed by atoms with Gasteiger partial charge in [-0.2, -0.15) is 0 Å². The summed E-state index contributed by atoms with van der Waals surface area (Å²) in [7, 11) is -1.83. The van der Waals surface area contributed by atoms with Crippen LogP contribution < -0.4 is 4.43 Å². The predicted molar refractivity (Wildman–Crippen MR) is 94.7 cm³/mol. The molecule has 0 saturated heterocycles. The van der Waals surface area contributed by atoms with E-state index in [2.05, 4.69) is 71.9 Å². The number of hydrogen-bond acceptors (Lipinski definition) is 1. The van der Waals surface area contributed by atoms with Crippen LogP contribution in [0.5, 0.6) is 5.75 Å². The molecule has 21 heavy (non-hydrogen) atoms. The summed E-state index contributed by atoms with van der Waals surface area (Å²) in [5.41, 5.74) is 4.75. The Bertz CT molecular complexity index is 493. The van der Waals surface area contributed by atoms with Crippen molar-refractivity contribution in [3.63, 3.8) is 0 Å². The van der Waals surface area contributed by atoms with Crippen LogP contribution in [0.15, 0.2) is 30.4 Å². The zero-order valence-electron chi connectivity index (χ0n) is 14.4. The second-order valence-corrected chi connectivity index (χ2v) is 12.6. The lowest BCUT2D eigenvalue weighted by Gasteiger charge is -2.42. The summed E-state index contributed by atoms with van der Waals surface area (Å²) >= 11 is 0. The van der Waals surface area contributed by atoms with Gasteiger partial charge in [0.15, 0.2) is 0 Å².